The van der Waals surface area contributed by atoms with Crippen LogP contribution in [-0.4, -0.2) is 26.8 Å². The minimum absolute atomic E-state index is 0.210. The molecule has 3 rings (SSSR count). The minimum Gasteiger partial charge on any atom is -0.463 e. The van der Waals surface area contributed by atoms with Gasteiger partial charge < -0.3 is 14.6 Å². The fourth-order valence-electron chi connectivity index (χ4n) is 2.81. The number of rotatable bonds is 7. The molecule has 158 valence electrons. The van der Waals surface area contributed by atoms with Gasteiger partial charge in [-0.3, -0.25) is 4.98 Å². The van der Waals surface area contributed by atoms with Crippen LogP contribution in [0.1, 0.15) is 37.0 Å². The lowest BCUT2D eigenvalue weighted by molar-refractivity contribution is 0.272. The number of nitrogens with one attached hydrogen (secondary N) is 1. The van der Waals surface area contributed by atoms with Gasteiger partial charge in [0.25, 0.3) is 5.17 Å². The molecule has 1 N–H and O–H groups in total. The zero-order valence-corrected chi connectivity index (χ0v) is 20.0. The van der Waals surface area contributed by atoms with Crippen molar-refractivity contribution in [2.75, 3.05) is 7.05 Å². The number of imidazole rings is 1. The van der Waals surface area contributed by atoms with Crippen molar-refractivity contribution >= 4 is 52.4 Å². The Morgan fingerprint density at radius 3 is 2.57 bits per heavy atom. The molecule has 1 aromatic carbocycles. The number of pyridine rings is 1. The van der Waals surface area contributed by atoms with Crippen LogP contribution in [-0.2, 0) is 17.9 Å². The quantitative estimate of drug-likeness (QED) is 0.423. The highest BCUT2D eigenvalue weighted by molar-refractivity contribution is 7.99. The lowest BCUT2D eigenvalue weighted by Gasteiger charge is -2.14. The maximum absolute atomic E-state index is 6.22. The molecule has 30 heavy (non-hydrogen) atoms. The van der Waals surface area contributed by atoms with Crippen molar-refractivity contribution in [3.8, 4) is 0 Å². The van der Waals surface area contributed by atoms with Gasteiger partial charge in [-0.05, 0) is 48.5 Å². The van der Waals surface area contributed by atoms with Crippen LogP contribution in [0.3, 0.4) is 0 Å². The number of ether oxygens (including phenoxy) is 1. The van der Waals surface area contributed by atoms with Gasteiger partial charge in [-0.1, -0.05) is 54.9 Å². The summed E-state index contributed by atoms with van der Waals surface area (Å²) in [6, 6.07) is 11.4. The number of thiocarbonyl (C=S) groups is 1. The normalized spacial score (nSPS) is 11.0. The van der Waals surface area contributed by atoms with Gasteiger partial charge in [-0.2, -0.15) is 0 Å². The van der Waals surface area contributed by atoms with Gasteiger partial charge in [0, 0.05) is 28.2 Å². The predicted molar refractivity (Wildman–Crippen MR) is 127 cm³/mol. The van der Waals surface area contributed by atoms with E-state index in [9.17, 15) is 0 Å². The van der Waals surface area contributed by atoms with E-state index < -0.39 is 0 Å². The fraction of sp³-hybridized carbons (Fsp3) is 0.286. The van der Waals surface area contributed by atoms with Crippen LogP contribution in [0.2, 0.25) is 10.0 Å². The van der Waals surface area contributed by atoms with E-state index in [-0.39, 0.29) is 12.5 Å². The Kier molecular flexibility index (Phi) is 7.99. The summed E-state index contributed by atoms with van der Waals surface area (Å²) >= 11 is 19.2. The van der Waals surface area contributed by atoms with Crippen molar-refractivity contribution in [3.63, 3.8) is 0 Å². The molecular weight excluding hydrogens is 459 g/mol. The SMILES string of the molecule is CNC(=S)OCc1nc(C(C)C)c(Sc2cc(Cl)cc(Cl)c2)n1Cc1ccccn1. The summed E-state index contributed by atoms with van der Waals surface area (Å²) in [6.07, 6.45) is 1.78. The molecule has 0 unspecified atom stereocenters. The van der Waals surface area contributed by atoms with Crippen LogP contribution in [0.4, 0.5) is 0 Å². The van der Waals surface area contributed by atoms with Gasteiger partial charge >= 0.3 is 0 Å². The van der Waals surface area contributed by atoms with Crippen LogP contribution in [0.15, 0.2) is 52.5 Å². The first-order valence-electron chi connectivity index (χ1n) is 9.35. The predicted octanol–water partition coefficient (Wildman–Crippen LogP) is 5.93. The molecule has 2 heterocycles. The van der Waals surface area contributed by atoms with E-state index in [0.717, 1.165) is 27.1 Å². The van der Waals surface area contributed by atoms with E-state index in [0.29, 0.717) is 21.8 Å². The number of halogens is 2. The number of hydrogen-bond donors (Lipinski definition) is 1. The highest BCUT2D eigenvalue weighted by atomic mass is 35.5. The summed E-state index contributed by atoms with van der Waals surface area (Å²) in [7, 11) is 1.73. The molecule has 9 heteroatoms. The number of benzene rings is 1. The van der Waals surface area contributed by atoms with Crippen LogP contribution < -0.4 is 5.32 Å². The maximum atomic E-state index is 6.22. The van der Waals surface area contributed by atoms with Crippen molar-refractivity contribution in [1.29, 1.82) is 0 Å². The van der Waals surface area contributed by atoms with E-state index in [1.807, 2.05) is 30.3 Å². The Labute approximate surface area is 196 Å². The summed E-state index contributed by atoms with van der Waals surface area (Å²) in [5.74, 6) is 0.986. The van der Waals surface area contributed by atoms with E-state index in [2.05, 4.69) is 28.7 Å². The molecular formula is C21H22Cl2N4OS2. The Hall–Kier alpha value is -1.80. The summed E-state index contributed by atoms with van der Waals surface area (Å²) in [5.41, 5.74) is 1.90. The topological polar surface area (TPSA) is 52.0 Å². The third kappa shape index (κ3) is 5.88. The van der Waals surface area contributed by atoms with Crippen LogP contribution in [0, 0.1) is 0 Å². The molecule has 0 atom stereocenters. The monoisotopic (exact) mass is 480 g/mol. The highest BCUT2D eigenvalue weighted by Gasteiger charge is 2.22. The Balaban J connectivity index is 2.06. The van der Waals surface area contributed by atoms with Gasteiger partial charge in [0.05, 0.1) is 17.9 Å². The molecule has 0 aliphatic rings. The summed E-state index contributed by atoms with van der Waals surface area (Å²) in [5, 5.41) is 5.34. The van der Waals surface area contributed by atoms with Gasteiger partial charge in [0.1, 0.15) is 17.5 Å². The van der Waals surface area contributed by atoms with Crippen LogP contribution in [0.5, 0.6) is 0 Å². The average Bonchev–Trinajstić information content (AvgIpc) is 3.03. The molecule has 0 radical (unpaired) electrons. The molecule has 0 saturated heterocycles. The first kappa shape index (κ1) is 22.9. The van der Waals surface area contributed by atoms with E-state index >= 15 is 0 Å². The lowest BCUT2D eigenvalue weighted by atomic mass is 10.1. The Morgan fingerprint density at radius 1 is 1.23 bits per heavy atom. The molecule has 0 spiro atoms. The molecule has 0 aliphatic heterocycles. The summed E-state index contributed by atoms with van der Waals surface area (Å²) in [6.45, 7) is 5.04. The lowest BCUT2D eigenvalue weighted by Crippen LogP contribution is -2.20. The van der Waals surface area contributed by atoms with Crippen molar-refractivity contribution in [3.05, 3.63) is 69.9 Å². The molecule has 0 aliphatic carbocycles. The second-order valence-electron chi connectivity index (χ2n) is 6.81. The highest BCUT2D eigenvalue weighted by Crippen LogP contribution is 2.37. The van der Waals surface area contributed by atoms with E-state index in [1.54, 1.807) is 31.1 Å². The van der Waals surface area contributed by atoms with Gasteiger partial charge in [0.2, 0.25) is 0 Å². The standard InChI is InChI=1S/C21H22Cl2N4OS2/c1-13(2)19-20(30-17-9-14(22)8-15(23)10-17)27(11-16-6-4-5-7-25-16)18(26-19)12-28-21(29)24-3/h4-10,13H,11-12H2,1-3H3,(H,24,29). The first-order chi connectivity index (χ1) is 14.4. The number of hydrogen-bond acceptors (Lipinski definition) is 5. The van der Waals surface area contributed by atoms with Crippen LogP contribution >= 0.6 is 47.2 Å². The van der Waals surface area contributed by atoms with Crippen LogP contribution in [0.25, 0.3) is 0 Å². The maximum Gasteiger partial charge on any atom is 0.256 e. The largest absolute Gasteiger partial charge is 0.463 e. The second-order valence-corrected chi connectivity index (χ2v) is 9.12. The number of aromatic nitrogens is 3. The molecule has 0 bridgehead atoms. The summed E-state index contributed by atoms with van der Waals surface area (Å²) < 4.78 is 7.78. The zero-order chi connectivity index (χ0) is 21.7. The second kappa shape index (κ2) is 10.5. The van der Waals surface area contributed by atoms with Gasteiger partial charge in [-0.15, -0.1) is 0 Å². The third-order valence-corrected chi connectivity index (χ3v) is 6.06. The molecule has 3 aromatic rings. The molecule has 2 aromatic heterocycles. The zero-order valence-electron chi connectivity index (χ0n) is 16.9. The average molecular weight is 481 g/mol. The third-order valence-electron chi connectivity index (χ3n) is 4.21. The van der Waals surface area contributed by atoms with Crippen molar-refractivity contribution in [1.82, 2.24) is 19.9 Å². The number of nitrogens with zero attached hydrogens (tertiary/aromatic N) is 3. The van der Waals surface area contributed by atoms with Crippen molar-refractivity contribution < 1.29 is 4.74 Å². The van der Waals surface area contributed by atoms with Gasteiger partial charge in [0.15, 0.2) is 0 Å². The molecule has 5 nitrogen and oxygen atoms in total. The molecule has 0 saturated carbocycles. The van der Waals surface area contributed by atoms with E-state index in [1.165, 1.54) is 0 Å². The van der Waals surface area contributed by atoms with Crippen molar-refractivity contribution in [2.24, 2.45) is 0 Å². The molecule has 0 amide bonds. The first-order valence-corrected chi connectivity index (χ1v) is 11.3. The molecule has 0 fully saturated rings. The fourth-order valence-corrected chi connectivity index (χ4v) is 4.79. The summed E-state index contributed by atoms with van der Waals surface area (Å²) in [4.78, 5) is 10.3. The smallest absolute Gasteiger partial charge is 0.256 e. The van der Waals surface area contributed by atoms with Crippen molar-refractivity contribution in [2.45, 2.75) is 42.8 Å². The van der Waals surface area contributed by atoms with E-state index in [4.69, 9.17) is 45.1 Å². The minimum atomic E-state index is 0.210. The Morgan fingerprint density at radius 2 is 1.97 bits per heavy atom. The van der Waals surface area contributed by atoms with Gasteiger partial charge in [-0.25, -0.2) is 4.98 Å². The Bertz CT molecular complexity index is 1010.